The molecule has 0 saturated carbocycles. The predicted octanol–water partition coefficient (Wildman–Crippen LogP) is 0.717. The van der Waals surface area contributed by atoms with E-state index in [1.807, 2.05) is 6.07 Å². The second-order valence-electron chi connectivity index (χ2n) is 2.47. The van der Waals surface area contributed by atoms with Crippen molar-refractivity contribution >= 4 is 6.08 Å². The van der Waals surface area contributed by atoms with E-state index in [1.54, 1.807) is 18.3 Å². The monoisotopic (exact) mass is 164 g/mol. The van der Waals surface area contributed by atoms with Crippen molar-refractivity contribution in [1.29, 1.82) is 0 Å². The van der Waals surface area contributed by atoms with Crippen molar-refractivity contribution in [2.45, 2.75) is 6.04 Å². The molecule has 1 aromatic rings. The first-order chi connectivity index (χ1) is 5.79. The molecular formula is C9H12N2O. The highest BCUT2D eigenvalue weighted by atomic mass is 16.3. The zero-order chi connectivity index (χ0) is 8.97. The Morgan fingerprint density at radius 1 is 1.75 bits per heavy atom. The summed E-state index contributed by atoms with van der Waals surface area (Å²) in [5.41, 5.74) is 7.20. The fourth-order valence-electron chi connectivity index (χ4n) is 1.01. The third kappa shape index (κ3) is 1.69. The third-order valence-electron chi connectivity index (χ3n) is 1.66. The lowest BCUT2D eigenvalue weighted by molar-refractivity contribution is 0.267. The molecule has 12 heavy (non-hydrogen) atoms. The molecule has 0 radical (unpaired) electrons. The van der Waals surface area contributed by atoms with Gasteiger partial charge in [0.2, 0.25) is 0 Å². The van der Waals surface area contributed by atoms with Gasteiger partial charge in [0.1, 0.15) is 0 Å². The predicted molar refractivity (Wildman–Crippen MR) is 48.3 cm³/mol. The molecule has 1 aromatic heterocycles. The maximum absolute atomic E-state index is 8.82. The minimum atomic E-state index is -0.369. The van der Waals surface area contributed by atoms with Crippen LogP contribution in [0.2, 0.25) is 0 Å². The lowest BCUT2D eigenvalue weighted by Crippen LogP contribution is -2.16. The quantitative estimate of drug-likeness (QED) is 0.692. The van der Waals surface area contributed by atoms with Crippen LogP contribution in [-0.2, 0) is 0 Å². The first-order valence-electron chi connectivity index (χ1n) is 3.73. The number of aliphatic hydroxyl groups is 1. The fourth-order valence-corrected chi connectivity index (χ4v) is 1.01. The molecule has 3 nitrogen and oxygen atoms in total. The topological polar surface area (TPSA) is 59.1 Å². The Balaban J connectivity index is 3.04. The normalized spacial score (nSPS) is 12.5. The number of aliphatic hydroxyl groups excluding tert-OH is 1. The average Bonchev–Trinajstić information content (AvgIpc) is 2.16. The standard InChI is InChI=1S/C9H12N2O/c1-2-9-7(8(10)6-12)4-3-5-11-9/h2-5,8,12H,1,6,10H2/t8-/m0/s1. The molecule has 0 saturated heterocycles. The molecule has 1 heterocycles. The Bertz CT molecular complexity index is 273. The molecule has 0 amide bonds. The molecule has 0 aliphatic heterocycles. The number of nitrogens with zero attached hydrogens (tertiary/aromatic N) is 1. The Morgan fingerprint density at radius 3 is 3.08 bits per heavy atom. The first kappa shape index (κ1) is 8.90. The smallest absolute Gasteiger partial charge is 0.0672 e. The summed E-state index contributed by atoms with van der Waals surface area (Å²) >= 11 is 0. The van der Waals surface area contributed by atoms with Crippen molar-refractivity contribution < 1.29 is 5.11 Å². The van der Waals surface area contributed by atoms with Crippen molar-refractivity contribution in [3.8, 4) is 0 Å². The van der Waals surface area contributed by atoms with Crippen LogP contribution < -0.4 is 5.73 Å². The summed E-state index contributed by atoms with van der Waals surface area (Å²) in [6, 6.07) is 3.26. The van der Waals surface area contributed by atoms with Crippen LogP contribution in [0, 0.1) is 0 Å². The van der Waals surface area contributed by atoms with Crippen molar-refractivity contribution in [1.82, 2.24) is 4.98 Å². The average molecular weight is 164 g/mol. The van der Waals surface area contributed by atoms with Crippen molar-refractivity contribution in [3.63, 3.8) is 0 Å². The Labute approximate surface area is 71.6 Å². The molecule has 1 atom stereocenters. The van der Waals surface area contributed by atoms with Crippen LogP contribution in [0.1, 0.15) is 17.3 Å². The van der Waals surface area contributed by atoms with Gasteiger partial charge in [-0.1, -0.05) is 12.6 Å². The van der Waals surface area contributed by atoms with Gasteiger partial charge in [-0.3, -0.25) is 4.98 Å². The van der Waals surface area contributed by atoms with Crippen LogP contribution in [0.4, 0.5) is 0 Å². The van der Waals surface area contributed by atoms with Gasteiger partial charge < -0.3 is 10.8 Å². The van der Waals surface area contributed by atoms with Gasteiger partial charge in [-0.25, -0.2) is 0 Å². The summed E-state index contributed by atoms with van der Waals surface area (Å²) in [7, 11) is 0. The van der Waals surface area contributed by atoms with E-state index in [1.165, 1.54) is 0 Å². The van der Waals surface area contributed by atoms with E-state index in [0.717, 1.165) is 11.3 Å². The number of pyridine rings is 1. The number of hydrogen-bond donors (Lipinski definition) is 2. The highest BCUT2D eigenvalue weighted by Gasteiger charge is 2.07. The minimum absolute atomic E-state index is 0.0769. The van der Waals surface area contributed by atoms with Gasteiger partial charge in [-0.2, -0.15) is 0 Å². The van der Waals surface area contributed by atoms with Crippen LogP contribution in [0.25, 0.3) is 6.08 Å². The molecule has 0 aromatic carbocycles. The van der Waals surface area contributed by atoms with Crippen molar-refractivity contribution in [3.05, 3.63) is 36.2 Å². The molecular weight excluding hydrogens is 152 g/mol. The van der Waals surface area contributed by atoms with E-state index >= 15 is 0 Å². The summed E-state index contributed by atoms with van der Waals surface area (Å²) in [5, 5.41) is 8.82. The van der Waals surface area contributed by atoms with Crippen LogP contribution in [0.3, 0.4) is 0 Å². The van der Waals surface area contributed by atoms with Gasteiger partial charge in [0.05, 0.1) is 18.3 Å². The van der Waals surface area contributed by atoms with Gasteiger partial charge in [0.15, 0.2) is 0 Å². The number of aromatic nitrogens is 1. The van der Waals surface area contributed by atoms with E-state index in [-0.39, 0.29) is 12.6 Å². The van der Waals surface area contributed by atoms with E-state index in [4.69, 9.17) is 10.8 Å². The summed E-state index contributed by atoms with van der Waals surface area (Å²) in [5.74, 6) is 0. The minimum Gasteiger partial charge on any atom is -0.394 e. The van der Waals surface area contributed by atoms with Gasteiger partial charge in [-0.15, -0.1) is 0 Å². The molecule has 0 aliphatic rings. The molecule has 64 valence electrons. The van der Waals surface area contributed by atoms with Crippen LogP contribution in [0.15, 0.2) is 24.9 Å². The lowest BCUT2D eigenvalue weighted by Gasteiger charge is -2.10. The number of hydrogen-bond acceptors (Lipinski definition) is 3. The largest absolute Gasteiger partial charge is 0.394 e. The highest BCUT2D eigenvalue weighted by Crippen LogP contribution is 2.13. The Morgan fingerprint density at radius 2 is 2.50 bits per heavy atom. The van der Waals surface area contributed by atoms with E-state index in [9.17, 15) is 0 Å². The zero-order valence-electron chi connectivity index (χ0n) is 6.77. The Kier molecular flexibility index (Phi) is 2.96. The van der Waals surface area contributed by atoms with Crippen molar-refractivity contribution in [2.75, 3.05) is 6.61 Å². The van der Waals surface area contributed by atoms with Gasteiger partial charge in [0.25, 0.3) is 0 Å². The van der Waals surface area contributed by atoms with E-state index in [0.29, 0.717) is 0 Å². The molecule has 0 bridgehead atoms. The maximum Gasteiger partial charge on any atom is 0.0672 e. The fraction of sp³-hybridized carbons (Fsp3) is 0.222. The molecule has 3 heteroatoms. The first-order valence-corrected chi connectivity index (χ1v) is 3.73. The molecule has 0 spiro atoms. The SMILES string of the molecule is C=Cc1ncccc1[C@@H](N)CO. The summed E-state index contributed by atoms with van der Waals surface area (Å²) in [6.07, 6.45) is 3.30. The summed E-state index contributed by atoms with van der Waals surface area (Å²) < 4.78 is 0. The van der Waals surface area contributed by atoms with Crippen LogP contribution >= 0.6 is 0 Å². The zero-order valence-corrected chi connectivity index (χ0v) is 6.77. The Hall–Kier alpha value is -1.19. The van der Waals surface area contributed by atoms with Crippen molar-refractivity contribution in [2.24, 2.45) is 5.73 Å². The second kappa shape index (κ2) is 3.99. The number of nitrogens with two attached hydrogens (primary N) is 1. The molecule has 0 unspecified atom stereocenters. The van der Waals surface area contributed by atoms with Crippen LogP contribution in [0.5, 0.6) is 0 Å². The van der Waals surface area contributed by atoms with E-state index in [2.05, 4.69) is 11.6 Å². The van der Waals surface area contributed by atoms with E-state index < -0.39 is 0 Å². The van der Waals surface area contributed by atoms with Crippen LogP contribution in [-0.4, -0.2) is 16.7 Å². The molecule has 1 rings (SSSR count). The molecule has 0 fully saturated rings. The van der Waals surface area contributed by atoms with Gasteiger partial charge in [0, 0.05) is 6.20 Å². The summed E-state index contributed by atoms with van der Waals surface area (Å²) in [4.78, 5) is 4.06. The lowest BCUT2D eigenvalue weighted by atomic mass is 10.1. The van der Waals surface area contributed by atoms with Gasteiger partial charge >= 0.3 is 0 Å². The number of rotatable bonds is 3. The molecule has 3 N–H and O–H groups in total. The van der Waals surface area contributed by atoms with Gasteiger partial charge in [-0.05, 0) is 17.7 Å². The second-order valence-corrected chi connectivity index (χ2v) is 2.47. The third-order valence-corrected chi connectivity index (χ3v) is 1.66. The molecule has 0 aliphatic carbocycles. The maximum atomic E-state index is 8.82. The summed E-state index contributed by atoms with van der Waals surface area (Å²) in [6.45, 7) is 3.53. The highest BCUT2D eigenvalue weighted by molar-refractivity contribution is 5.47.